The second-order valence-corrected chi connectivity index (χ2v) is 6.67. The normalized spacial score (nSPS) is 11.7. The van der Waals surface area contributed by atoms with E-state index in [2.05, 4.69) is 20.8 Å². The number of carbonyl (C=O) groups is 2. The van der Waals surface area contributed by atoms with E-state index in [1.807, 2.05) is 0 Å². The van der Waals surface area contributed by atoms with Crippen molar-refractivity contribution in [1.29, 1.82) is 0 Å². The molecule has 1 aromatic carbocycles. The van der Waals surface area contributed by atoms with Gasteiger partial charge in [0.25, 0.3) is 11.8 Å². The van der Waals surface area contributed by atoms with Crippen LogP contribution in [0.1, 0.15) is 35.6 Å². The first-order valence-electron chi connectivity index (χ1n) is 9.21. The molecule has 1 unspecified atom stereocenters. The van der Waals surface area contributed by atoms with Gasteiger partial charge in [-0.15, -0.1) is 0 Å². The molecule has 1 atom stereocenters. The minimum Gasteiger partial charge on any atom is -0.358 e. The Balaban J connectivity index is 1.73. The number of rotatable bonds is 7. The highest BCUT2D eigenvalue weighted by Gasteiger charge is 2.27. The molecule has 2 N–H and O–H groups in total. The third kappa shape index (κ3) is 4.51. The fourth-order valence-corrected chi connectivity index (χ4v) is 2.98. The monoisotopic (exact) mass is 411 g/mol. The summed E-state index contributed by atoms with van der Waals surface area (Å²) in [5.41, 5.74) is 1.74. The molecular weight excluding hydrogens is 390 g/mol. The van der Waals surface area contributed by atoms with Gasteiger partial charge in [0.05, 0.1) is 16.9 Å². The number of carbonyl (C=O) groups excluding carboxylic acids is 2. The molecule has 0 aliphatic rings. The van der Waals surface area contributed by atoms with E-state index in [0.29, 0.717) is 23.5 Å². The molecule has 11 nitrogen and oxygen atoms in total. The fraction of sp³-hybridized carbons (Fsp3) is 0.263. The zero-order valence-corrected chi connectivity index (χ0v) is 16.7. The molecule has 0 saturated carbocycles. The van der Waals surface area contributed by atoms with E-state index in [4.69, 9.17) is 0 Å². The summed E-state index contributed by atoms with van der Waals surface area (Å²) in [5, 5.41) is 24.4. The van der Waals surface area contributed by atoms with Crippen LogP contribution in [0.5, 0.6) is 0 Å². The van der Waals surface area contributed by atoms with E-state index in [1.54, 1.807) is 57.4 Å². The fourth-order valence-electron chi connectivity index (χ4n) is 2.98. The molecule has 0 spiro atoms. The maximum Gasteiger partial charge on any atom is 0.390 e. The van der Waals surface area contributed by atoms with Crippen molar-refractivity contribution in [2.75, 3.05) is 10.6 Å². The van der Waals surface area contributed by atoms with Crippen LogP contribution in [0, 0.1) is 17.0 Å². The SMILES string of the molecule is CCC(C(=O)Nc1cccc(NC(=O)c2ccn(C)n2)c1)n1nc([N+](=O)[O-])cc1C. The van der Waals surface area contributed by atoms with Gasteiger partial charge in [-0.2, -0.15) is 9.78 Å². The van der Waals surface area contributed by atoms with Gasteiger partial charge in [0.1, 0.15) is 0 Å². The Kier molecular flexibility index (Phi) is 5.90. The molecule has 0 bridgehead atoms. The lowest BCUT2D eigenvalue weighted by Crippen LogP contribution is -2.27. The van der Waals surface area contributed by atoms with Crippen molar-refractivity contribution in [3.05, 3.63) is 64.1 Å². The Hall–Kier alpha value is -4.02. The molecule has 2 aromatic heterocycles. The molecule has 0 fully saturated rings. The minimum atomic E-state index is -0.717. The number of amides is 2. The number of anilines is 2. The van der Waals surface area contributed by atoms with Crippen molar-refractivity contribution in [3.63, 3.8) is 0 Å². The van der Waals surface area contributed by atoms with E-state index in [1.165, 1.54) is 15.4 Å². The summed E-state index contributed by atoms with van der Waals surface area (Å²) in [4.78, 5) is 35.4. The van der Waals surface area contributed by atoms with Gasteiger partial charge in [0.2, 0.25) is 0 Å². The van der Waals surface area contributed by atoms with Gasteiger partial charge >= 0.3 is 5.82 Å². The Morgan fingerprint density at radius 1 is 1.17 bits per heavy atom. The van der Waals surface area contributed by atoms with E-state index in [0.717, 1.165) is 0 Å². The molecule has 2 heterocycles. The maximum absolute atomic E-state index is 12.8. The first kappa shape index (κ1) is 20.7. The predicted octanol–water partition coefficient (Wildman–Crippen LogP) is 2.68. The maximum atomic E-state index is 12.8. The highest BCUT2D eigenvalue weighted by molar-refractivity contribution is 6.03. The summed E-state index contributed by atoms with van der Waals surface area (Å²) >= 11 is 0. The topological polar surface area (TPSA) is 137 Å². The van der Waals surface area contributed by atoms with Crippen LogP contribution < -0.4 is 10.6 Å². The molecule has 0 saturated heterocycles. The average molecular weight is 411 g/mol. The molecule has 2 amide bonds. The van der Waals surface area contributed by atoms with Crippen LogP contribution in [0.25, 0.3) is 0 Å². The van der Waals surface area contributed by atoms with Gasteiger partial charge in [-0.25, -0.2) is 0 Å². The number of hydrogen-bond acceptors (Lipinski definition) is 6. The standard InChI is InChI=1S/C19H21N7O4/c1-4-16(25-12(2)10-17(23-25)26(29)30)19(28)21-14-7-5-6-13(11-14)20-18(27)15-8-9-24(3)22-15/h5-11,16H,4H2,1-3H3,(H,20,27)(H,21,28). The first-order valence-corrected chi connectivity index (χ1v) is 9.21. The van der Waals surface area contributed by atoms with Crippen molar-refractivity contribution in [3.8, 4) is 0 Å². The molecule has 156 valence electrons. The lowest BCUT2D eigenvalue weighted by Gasteiger charge is -2.15. The highest BCUT2D eigenvalue weighted by Crippen LogP contribution is 2.22. The van der Waals surface area contributed by atoms with Crippen molar-refractivity contribution in [1.82, 2.24) is 19.6 Å². The van der Waals surface area contributed by atoms with Gasteiger partial charge in [0, 0.05) is 24.6 Å². The van der Waals surface area contributed by atoms with E-state index in [9.17, 15) is 19.7 Å². The van der Waals surface area contributed by atoms with Crippen molar-refractivity contribution >= 4 is 29.0 Å². The molecule has 3 aromatic rings. The Bertz CT molecular complexity index is 1100. The Labute approximate surface area is 171 Å². The molecule has 11 heteroatoms. The summed E-state index contributed by atoms with van der Waals surface area (Å²) in [7, 11) is 1.72. The summed E-state index contributed by atoms with van der Waals surface area (Å²) in [5.74, 6) is -1.05. The number of nitro groups is 1. The quantitative estimate of drug-likeness (QED) is 0.453. The number of hydrogen-bond donors (Lipinski definition) is 2. The lowest BCUT2D eigenvalue weighted by molar-refractivity contribution is -0.389. The second kappa shape index (κ2) is 8.55. The molecule has 0 radical (unpaired) electrons. The number of aromatic nitrogens is 4. The third-order valence-electron chi connectivity index (χ3n) is 4.42. The minimum absolute atomic E-state index is 0.272. The number of nitrogens with zero attached hydrogens (tertiary/aromatic N) is 5. The van der Waals surface area contributed by atoms with Crippen LogP contribution in [0.4, 0.5) is 17.2 Å². The van der Waals surface area contributed by atoms with Crippen LogP contribution in [0.3, 0.4) is 0 Å². The van der Waals surface area contributed by atoms with Crippen LogP contribution in [0.2, 0.25) is 0 Å². The average Bonchev–Trinajstić information content (AvgIpc) is 3.29. The summed E-state index contributed by atoms with van der Waals surface area (Å²) in [6.07, 6.45) is 2.06. The number of benzene rings is 1. The molecular formula is C19H21N7O4. The Morgan fingerprint density at radius 2 is 1.87 bits per heavy atom. The predicted molar refractivity (Wildman–Crippen MR) is 109 cm³/mol. The van der Waals surface area contributed by atoms with Gasteiger partial charge < -0.3 is 20.7 Å². The van der Waals surface area contributed by atoms with Crippen molar-refractivity contribution in [2.24, 2.45) is 7.05 Å². The van der Waals surface area contributed by atoms with Crippen molar-refractivity contribution in [2.45, 2.75) is 26.3 Å². The smallest absolute Gasteiger partial charge is 0.358 e. The second-order valence-electron chi connectivity index (χ2n) is 6.67. The van der Waals surface area contributed by atoms with Crippen molar-refractivity contribution < 1.29 is 14.5 Å². The molecule has 3 rings (SSSR count). The summed E-state index contributed by atoms with van der Waals surface area (Å²) < 4.78 is 2.87. The largest absolute Gasteiger partial charge is 0.390 e. The van der Waals surface area contributed by atoms with Gasteiger partial charge in [-0.05, 0) is 42.5 Å². The van der Waals surface area contributed by atoms with Gasteiger partial charge in [-0.3, -0.25) is 14.3 Å². The molecule has 30 heavy (non-hydrogen) atoms. The van der Waals surface area contributed by atoms with E-state index >= 15 is 0 Å². The number of aryl methyl sites for hydroxylation is 2. The number of nitrogens with one attached hydrogen (secondary N) is 2. The first-order chi connectivity index (χ1) is 14.3. The van der Waals surface area contributed by atoms with Crippen LogP contribution in [-0.4, -0.2) is 36.3 Å². The van der Waals surface area contributed by atoms with Crippen LogP contribution in [-0.2, 0) is 11.8 Å². The van der Waals surface area contributed by atoms with Gasteiger partial charge in [0.15, 0.2) is 11.7 Å². The van der Waals surface area contributed by atoms with Crippen LogP contribution >= 0.6 is 0 Å². The lowest BCUT2D eigenvalue weighted by atomic mass is 10.2. The van der Waals surface area contributed by atoms with E-state index < -0.39 is 11.0 Å². The zero-order valence-electron chi connectivity index (χ0n) is 16.7. The zero-order chi connectivity index (χ0) is 21.8. The van der Waals surface area contributed by atoms with Gasteiger partial charge in [-0.1, -0.05) is 13.0 Å². The summed E-state index contributed by atoms with van der Waals surface area (Å²) in [6, 6.07) is 8.87. The molecule has 0 aliphatic heterocycles. The van der Waals surface area contributed by atoms with E-state index in [-0.39, 0.29) is 23.3 Å². The molecule has 0 aliphatic carbocycles. The third-order valence-corrected chi connectivity index (χ3v) is 4.42. The highest BCUT2D eigenvalue weighted by atomic mass is 16.6. The van der Waals surface area contributed by atoms with Crippen LogP contribution in [0.15, 0.2) is 42.6 Å². The Morgan fingerprint density at radius 3 is 2.43 bits per heavy atom. The summed E-state index contributed by atoms with van der Waals surface area (Å²) in [6.45, 7) is 3.45.